The van der Waals surface area contributed by atoms with Crippen molar-refractivity contribution in [2.45, 2.75) is 38.6 Å². The Labute approximate surface area is 143 Å². The summed E-state index contributed by atoms with van der Waals surface area (Å²) in [6.07, 6.45) is 3.67. The first-order valence-electron chi connectivity index (χ1n) is 8.57. The molecule has 2 aromatic carbocycles. The zero-order valence-corrected chi connectivity index (χ0v) is 14.0. The van der Waals surface area contributed by atoms with Gasteiger partial charge in [-0.2, -0.15) is 0 Å². The average molecular weight is 326 g/mol. The van der Waals surface area contributed by atoms with E-state index in [-0.39, 0.29) is 0 Å². The number of anilines is 2. The van der Waals surface area contributed by atoms with Gasteiger partial charge in [0.05, 0.1) is 19.3 Å². The van der Waals surface area contributed by atoms with Crippen molar-refractivity contribution in [3.8, 4) is 0 Å². The number of rotatable bonds is 7. The normalized spacial score (nSPS) is 20.3. The van der Waals surface area contributed by atoms with Crippen LogP contribution in [0.3, 0.4) is 0 Å². The van der Waals surface area contributed by atoms with Crippen LogP contribution in [0.15, 0.2) is 48.5 Å². The summed E-state index contributed by atoms with van der Waals surface area (Å²) in [5.74, 6) is 0.580. The van der Waals surface area contributed by atoms with Crippen LogP contribution in [-0.4, -0.2) is 12.7 Å². The number of benzene rings is 2. The predicted molar refractivity (Wildman–Crippen MR) is 97.3 cm³/mol. The smallest absolute Gasteiger partial charge is 0.0721 e. The highest BCUT2D eigenvalue weighted by Crippen LogP contribution is 2.29. The number of nitrogen functional groups attached to an aromatic ring is 2. The van der Waals surface area contributed by atoms with E-state index in [0.29, 0.717) is 25.2 Å². The molecule has 24 heavy (non-hydrogen) atoms. The molecule has 0 aromatic heterocycles. The standard InChI is InChI=1S/C20H26N2O2/c21-18-5-1-3-15(9-18)12-23-13-17-7-8-20(11-17)24-14-16-4-2-6-19(22)10-16/h1-6,9-10,17,20H,7-8,11-14,21-22H2/t17-,20+/m1/s1. The lowest BCUT2D eigenvalue weighted by Crippen LogP contribution is -2.11. The van der Waals surface area contributed by atoms with Gasteiger partial charge in [-0.25, -0.2) is 0 Å². The van der Waals surface area contributed by atoms with Gasteiger partial charge in [0, 0.05) is 18.0 Å². The lowest BCUT2D eigenvalue weighted by molar-refractivity contribution is 0.0346. The van der Waals surface area contributed by atoms with Crippen LogP contribution in [-0.2, 0) is 22.7 Å². The Morgan fingerprint density at radius 2 is 1.54 bits per heavy atom. The van der Waals surface area contributed by atoms with Gasteiger partial charge in [0.1, 0.15) is 0 Å². The van der Waals surface area contributed by atoms with Gasteiger partial charge in [0.15, 0.2) is 0 Å². The lowest BCUT2D eigenvalue weighted by Gasteiger charge is -2.13. The number of hydrogen-bond acceptors (Lipinski definition) is 4. The van der Waals surface area contributed by atoms with Crippen LogP contribution in [0, 0.1) is 5.92 Å². The van der Waals surface area contributed by atoms with Crippen molar-refractivity contribution in [1.29, 1.82) is 0 Å². The molecule has 1 aliphatic carbocycles. The van der Waals surface area contributed by atoms with Crippen molar-refractivity contribution in [3.63, 3.8) is 0 Å². The van der Waals surface area contributed by atoms with Gasteiger partial charge in [-0.05, 0) is 60.6 Å². The van der Waals surface area contributed by atoms with E-state index in [4.69, 9.17) is 20.9 Å². The summed E-state index contributed by atoms with van der Waals surface area (Å²) < 4.78 is 11.9. The molecule has 3 rings (SSSR count). The van der Waals surface area contributed by atoms with Gasteiger partial charge in [0.25, 0.3) is 0 Å². The second-order valence-corrected chi connectivity index (χ2v) is 6.62. The molecular formula is C20H26N2O2. The van der Waals surface area contributed by atoms with E-state index in [1.807, 2.05) is 42.5 Å². The molecule has 4 heteroatoms. The van der Waals surface area contributed by atoms with E-state index in [1.165, 1.54) is 6.42 Å². The van der Waals surface area contributed by atoms with E-state index >= 15 is 0 Å². The number of nitrogens with two attached hydrogens (primary N) is 2. The third-order valence-corrected chi connectivity index (χ3v) is 4.50. The van der Waals surface area contributed by atoms with E-state index in [9.17, 15) is 0 Å². The second kappa shape index (κ2) is 8.18. The fourth-order valence-electron chi connectivity index (χ4n) is 3.26. The van der Waals surface area contributed by atoms with Gasteiger partial charge in [0.2, 0.25) is 0 Å². The largest absolute Gasteiger partial charge is 0.399 e. The maximum Gasteiger partial charge on any atom is 0.0721 e. The summed E-state index contributed by atoms with van der Waals surface area (Å²) >= 11 is 0. The van der Waals surface area contributed by atoms with Gasteiger partial charge in [-0.1, -0.05) is 24.3 Å². The predicted octanol–water partition coefficient (Wildman–Crippen LogP) is 3.75. The highest BCUT2D eigenvalue weighted by Gasteiger charge is 2.25. The Bertz CT molecular complexity index is 660. The molecule has 2 aromatic rings. The number of hydrogen-bond donors (Lipinski definition) is 2. The Hall–Kier alpha value is -2.04. The lowest BCUT2D eigenvalue weighted by atomic mass is 10.1. The zero-order valence-electron chi connectivity index (χ0n) is 14.0. The quantitative estimate of drug-likeness (QED) is 0.760. The van der Waals surface area contributed by atoms with Crippen LogP contribution in [0.5, 0.6) is 0 Å². The molecule has 1 fully saturated rings. The van der Waals surface area contributed by atoms with Crippen molar-refractivity contribution in [1.82, 2.24) is 0 Å². The molecular weight excluding hydrogens is 300 g/mol. The maximum atomic E-state index is 6.03. The van der Waals surface area contributed by atoms with E-state index in [1.54, 1.807) is 0 Å². The molecule has 0 radical (unpaired) electrons. The van der Waals surface area contributed by atoms with Crippen LogP contribution >= 0.6 is 0 Å². The topological polar surface area (TPSA) is 70.5 Å². The molecule has 1 saturated carbocycles. The van der Waals surface area contributed by atoms with E-state index < -0.39 is 0 Å². The minimum Gasteiger partial charge on any atom is -0.399 e. The molecule has 0 unspecified atom stereocenters. The molecule has 2 atom stereocenters. The maximum absolute atomic E-state index is 6.03. The second-order valence-electron chi connectivity index (χ2n) is 6.62. The van der Waals surface area contributed by atoms with E-state index in [2.05, 4.69) is 6.07 Å². The summed E-state index contributed by atoms with van der Waals surface area (Å²) in [6.45, 7) is 2.04. The SMILES string of the molecule is Nc1cccc(COC[C@@H]2CC[C@H](OCc3cccc(N)c3)C2)c1. The van der Waals surface area contributed by atoms with E-state index in [0.717, 1.165) is 42.0 Å². The fourth-order valence-corrected chi connectivity index (χ4v) is 3.26. The van der Waals surface area contributed by atoms with Crippen LogP contribution in [0.1, 0.15) is 30.4 Å². The molecule has 0 spiro atoms. The van der Waals surface area contributed by atoms with Crippen LogP contribution in [0.2, 0.25) is 0 Å². The van der Waals surface area contributed by atoms with Crippen molar-refractivity contribution in [2.24, 2.45) is 5.92 Å². The van der Waals surface area contributed by atoms with Crippen molar-refractivity contribution >= 4 is 11.4 Å². The van der Waals surface area contributed by atoms with Crippen molar-refractivity contribution in [2.75, 3.05) is 18.1 Å². The van der Waals surface area contributed by atoms with Gasteiger partial charge in [-0.3, -0.25) is 0 Å². The Morgan fingerprint density at radius 3 is 2.21 bits per heavy atom. The molecule has 0 heterocycles. The van der Waals surface area contributed by atoms with Crippen LogP contribution in [0.4, 0.5) is 11.4 Å². The minimum atomic E-state index is 0.326. The molecule has 0 amide bonds. The summed E-state index contributed by atoms with van der Waals surface area (Å²) in [5.41, 5.74) is 15.4. The highest BCUT2D eigenvalue weighted by molar-refractivity contribution is 5.41. The summed E-state index contributed by atoms with van der Waals surface area (Å²) in [6, 6.07) is 15.8. The summed E-state index contributed by atoms with van der Waals surface area (Å²) in [7, 11) is 0. The molecule has 4 N–H and O–H groups in total. The molecule has 128 valence electrons. The first-order valence-corrected chi connectivity index (χ1v) is 8.57. The van der Waals surface area contributed by atoms with Gasteiger partial charge < -0.3 is 20.9 Å². The first kappa shape index (κ1) is 16.8. The van der Waals surface area contributed by atoms with Crippen LogP contribution < -0.4 is 11.5 Å². The van der Waals surface area contributed by atoms with Crippen molar-refractivity contribution in [3.05, 3.63) is 59.7 Å². The highest BCUT2D eigenvalue weighted by atomic mass is 16.5. The molecule has 1 aliphatic rings. The van der Waals surface area contributed by atoms with Crippen LogP contribution in [0.25, 0.3) is 0 Å². The minimum absolute atomic E-state index is 0.326. The Balaban J connectivity index is 1.36. The third-order valence-electron chi connectivity index (χ3n) is 4.50. The average Bonchev–Trinajstić information content (AvgIpc) is 3.01. The third kappa shape index (κ3) is 4.98. The molecule has 0 bridgehead atoms. The van der Waals surface area contributed by atoms with Gasteiger partial charge >= 0.3 is 0 Å². The first-order chi connectivity index (χ1) is 11.7. The molecule has 0 aliphatic heterocycles. The Morgan fingerprint density at radius 1 is 0.875 bits per heavy atom. The fraction of sp³-hybridized carbons (Fsp3) is 0.400. The van der Waals surface area contributed by atoms with Gasteiger partial charge in [-0.15, -0.1) is 0 Å². The monoisotopic (exact) mass is 326 g/mol. The number of ether oxygens (including phenoxy) is 2. The summed E-state index contributed by atoms with van der Waals surface area (Å²) in [4.78, 5) is 0. The van der Waals surface area contributed by atoms with Crippen molar-refractivity contribution < 1.29 is 9.47 Å². The molecule has 0 saturated heterocycles. The Kier molecular flexibility index (Phi) is 5.72. The molecule has 4 nitrogen and oxygen atoms in total. The summed E-state index contributed by atoms with van der Waals surface area (Å²) in [5, 5.41) is 0. The zero-order chi connectivity index (χ0) is 16.8.